The van der Waals surface area contributed by atoms with E-state index in [9.17, 15) is 4.57 Å². The Morgan fingerprint density at radius 2 is 2.22 bits per heavy atom. The highest BCUT2D eigenvalue weighted by Crippen LogP contribution is 2.16. The summed E-state index contributed by atoms with van der Waals surface area (Å²) in [7, 11) is -0.301. The zero-order valence-corrected chi connectivity index (χ0v) is 6.21. The third-order valence-electron chi connectivity index (χ3n) is 1.29. The lowest BCUT2D eigenvalue weighted by Gasteiger charge is -2.11. The lowest BCUT2D eigenvalue weighted by molar-refractivity contribution is 0.121. The largest absolute Gasteiger partial charge is 0.396 e. The van der Waals surface area contributed by atoms with Gasteiger partial charge in [0.05, 0.1) is 0 Å². The molecule has 0 aliphatic heterocycles. The summed E-state index contributed by atoms with van der Waals surface area (Å²) in [6, 6.07) is 0. The Bertz CT molecular complexity index is 82.3. The van der Waals surface area contributed by atoms with E-state index in [-0.39, 0.29) is 21.0 Å². The highest BCUT2D eigenvalue weighted by atomic mass is 31.1. The Balaban J connectivity index is 3.63. The first kappa shape index (κ1) is 9.02. The van der Waals surface area contributed by atoms with E-state index >= 15 is 0 Å². The number of hydrogen-bond acceptors (Lipinski definition) is 3. The Hall–Kier alpha value is 0.0200. The molecule has 0 aliphatic rings. The topological polar surface area (TPSA) is 57.5 Å². The van der Waals surface area contributed by atoms with Gasteiger partial charge in [0.1, 0.15) is 5.85 Å². The van der Waals surface area contributed by atoms with Gasteiger partial charge in [0.25, 0.3) is 0 Å². The number of rotatable bonds is 4. The summed E-state index contributed by atoms with van der Waals surface area (Å²) in [5.41, 5.74) is 0. The van der Waals surface area contributed by atoms with E-state index in [1.807, 2.05) is 6.92 Å². The Labute approximate surface area is 55.9 Å². The van der Waals surface area contributed by atoms with Crippen LogP contribution in [0.15, 0.2) is 0 Å². The average molecular weight is 150 g/mol. The first-order chi connectivity index (χ1) is 4.26. The summed E-state index contributed by atoms with van der Waals surface area (Å²) in [5, 5.41) is 17.4. The molecule has 2 N–H and O–H groups in total. The molecule has 0 aromatic heterocycles. The van der Waals surface area contributed by atoms with Crippen molar-refractivity contribution in [3.63, 3.8) is 0 Å². The van der Waals surface area contributed by atoms with E-state index in [0.717, 1.165) is 0 Å². The van der Waals surface area contributed by atoms with Crippen molar-refractivity contribution < 1.29 is 14.8 Å². The number of hydrogen-bond donors (Lipinski definition) is 2. The monoisotopic (exact) mass is 150 g/mol. The van der Waals surface area contributed by atoms with Gasteiger partial charge in [-0.3, -0.25) is 4.57 Å². The predicted octanol–water partition coefficient (Wildman–Crippen LogP) is 0.615. The Morgan fingerprint density at radius 1 is 1.67 bits per heavy atom. The van der Waals surface area contributed by atoms with E-state index in [4.69, 9.17) is 10.2 Å². The second-order valence-electron chi connectivity index (χ2n) is 1.87. The van der Waals surface area contributed by atoms with Crippen LogP contribution in [0.2, 0.25) is 0 Å². The van der Waals surface area contributed by atoms with Gasteiger partial charge in [-0.25, -0.2) is 0 Å². The third-order valence-corrected chi connectivity index (χ3v) is 1.93. The van der Waals surface area contributed by atoms with Crippen LogP contribution in [-0.2, 0) is 4.57 Å². The van der Waals surface area contributed by atoms with Crippen molar-refractivity contribution in [3.05, 3.63) is 0 Å². The second-order valence-corrected chi connectivity index (χ2v) is 2.61. The summed E-state index contributed by atoms with van der Waals surface area (Å²) in [6.07, 6.45) is 0.646. The van der Waals surface area contributed by atoms with Crippen LogP contribution >= 0.6 is 8.46 Å². The van der Waals surface area contributed by atoms with Crippen molar-refractivity contribution in [1.29, 1.82) is 0 Å². The molecule has 0 rings (SSSR count). The van der Waals surface area contributed by atoms with Crippen LogP contribution in [0.3, 0.4) is 0 Å². The molecule has 2 unspecified atom stereocenters. The van der Waals surface area contributed by atoms with Crippen molar-refractivity contribution in [2.75, 3.05) is 6.61 Å². The van der Waals surface area contributed by atoms with Crippen LogP contribution in [0.4, 0.5) is 0 Å². The molecule has 0 radical (unpaired) electrons. The molecule has 0 aliphatic carbocycles. The van der Waals surface area contributed by atoms with E-state index in [1.165, 1.54) is 0 Å². The van der Waals surface area contributed by atoms with Crippen LogP contribution in [-0.4, -0.2) is 22.7 Å². The van der Waals surface area contributed by atoms with Gasteiger partial charge in [-0.1, -0.05) is 6.92 Å². The minimum atomic E-state index is -0.903. The maximum absolute atomic E-state index is 10.0. The van der Waals surface area contributed by atoms with Gasteiger partial charge in [0, 0.05) is 12.5 Å². The summed E-state index contributed by atoms with van der Waals surface area (Å²) >= 11 is 0. The van der Waals surface area contributed by atoms with Crippen LogP contribution in [0.25, 0.3) is 0 Å². The molecule has 9 heavy (non-hydrogen) atoms. The molecule has 0 saturated heterocycles. The minimum absolute atomic E-state index is 0.104. The molecule has 0 aromatic carbocycles. The predicted molar refractivity (Wildman–Crippen MR) is 34.5 cm³/mol. The lowest BCUT2D eigenvalue weighted by atomic mass is 10.1. The third kappa shape index (κ3) is 2.89. The van der Waals surface area contributed by atoms with Crippen molar-refractivity contribution in [2.24, 2.45) is 5.92 Å². The zero-order valence-electron chi connectivity index (χ0n) is 5.32. The van der Waals surface area contributed by atoms with E-state index in [2.05, 4.69) is 0 Å². The van der Waals surface area contributed by atoms with E-state index in [1.54, 1.807) is 0 Å². The fourth-order valence-electron chi connectivity index (χ4n) is 0.520. The molecule has 3 nitrogen and oxygen atoms in total. The zero-order chi connectivity index (χ0) is 7.28. The Morgan fingerprint density at radius 3 is 2.33 bits per heavy atom. The van der Waals surface area contributed by atoms with Crippen LogP contribution in [0.5, 0.6) is 0 Å². The minimum Gasteiger partial charge on any atom is -0.396 e. The fraction of sp³-hybridized carbons (Fsp3) is 1.00. The van der Waals surface area contributed by atoms with Gasteiger partial charge in [-0.05, 0) is 6.42 Å². The normalized spacial score (nSPS) is 17.7. The number of aliphatic hydroxyl groups excluding tert-OH is 2. The first-order valence-corrected chi connectivity index (χ1v) is 3.75. The highest BCUT2D eigenvalue weighted by molar-refractivity contribution is 7.24. The molecule has 54 valence electrons. The van der Waals surface area contributed by atoms with E-state index < -0.39 is 5.85 Å². The van der Waals surface area contributed by atoms with Crippen molar-refractivity contribution in [2.45, 2.75) is 19.2 Å². The SMILES string of the molecule is CCC(CO)C(O)P=O. The van der Waals surface area contributed by atoms with Crippen molar-refractivity contribution >= 4 is 8.46 Å². The van der Waals surface area contributed by atoms with E-state index in [0.29, 0.717) is 6.42 Å². The molecule has 0 bridgehead atoms. The van der Waals surface area contributed by atoms with Gasteiger partial charge in [-0.2, -0.15) is 0 Å². The molecule has 4 heteroatoms. The summed E-state index contributed by atoms with van der Waals surface area (Å²) in [4.78, 5) is 0. The molecular weight excluding hydrogens is 139 g/mol. The lowest BCUT2D eigenvalue weighted by Crippen LogP contribution is -2.17. The molecule has 0 saturated carbocycles. The first-order valence-electron chi connectivity index (χ1n) is 2.87. The van der Waals surface area contributed by atoms with Crippen molar-refractivity contribution in [1.82, 2.24) is 0 Å². The van der Waals surface area contributed by atoms with Gasteiger partial charge in [0.15, 0.2) is 8.46 Å². The van der Waals surface area contributed by atoms with Gasteiger partial charge >= 0.3 is 0 Å². The molecule has 0 heterocycles. The van der Waals surface area contributed by atoms with Crippen LogP contribution in [0.1, 0.15) is 13.3 Å². The quantitative estimate of drug-likeness (QED) is 0.577. The molecule has 0 amide bonds. The molecule has 2 atom stereocenters. The smallest absolute Gasteiger partial charge is 0.187 e. The molecule has 0 spiro atoms. The van der Waals surface area contributed by atoms with Crippen molar-refractivity contribution in [3.8, 4) is 0 Å². The summed E-state index contributed by atoms with van der Waals surface area (Å²) < 4.78 is 10.0. The second kappa shape index (κ2) is 4.86. The maximum atomic E-state index is 10.0. The standard InChI is InChI=1S/C5H11O3P/c1-2-4(3-6)5(7)9-8/h4-7H,2-3H2,1H3. The molecule has 0 fully saturated rings. The van der Waals surface area contributed by atoms with Gasteiger partial charge < -0.3 is 10.2 Å². The Kier molecular flexibility index (Phi) is 4.87. The molecular formula is C5H11O3P. The average Bonchev–Trinajstić information content (AvgIpc) is 1.90. The highest BCUT2D eigenvalue weighted by Gasteiger charge is 2.15. The van der Waals surface area contributed by atoms with Crippen LogP contribution in [0, 0.1) is 5.92 Å². The fourth-order valence-corrected chi connectivity index (χ4v) is 0.997. The summed E-state index contributed by atoms with van der Waals surface area (Å²) in [6.45, 7) is 1.72. The van der Waals surface area contributed by atoms with Gasteiger partial charge in [0.2, 0.25) is 0 Å². The summed E-state index contributed by atoms with van der Waals surface area (Å²) in [5.74, 6) is -1.15. The number of aliphatic hydroxyl groups is 2. The van der Waals surface area contributed by atoms with Crippen LogP contribution < -0.4 is 0 Å². The maximum Gasteiger partial charge on any atom is 0.187 e. The molecule has 0 aromatic rings. The van der Waals surface area contributed by atoms with Gasteiger partial charge in [-0.15, -0.1) is 0 Å².